The number of hydrogen-bond acceptors (Lipinski definition) is 5. The highest BCUT2D eigenvalue weighted by atomic mass is 32.2. The molecule has 2 N–H and O–H groups in total. The molecule has 27 heavy (non-hydrogen) atoms. The van der Waals surface area contributed by atoms with Gasteiger partial charge in [0.15, 0.2) is 0 Å². The summed E-state index contributed by atoms with van der Waals surface area (Å²) in [4.78, 5) is 33.2. The van der Waals surface area contributed by atoms with Crippen molar-refractivity contribution in [3.8, 4) is 0 Å². The van der Waals surface area contributed by atoms with Gasteiger partial charge in [-0.05, 0) is 50.1 Å². The van der Waals surface area contributed by atoms with E-state index in [0.29, 0.717) is 10.7 Å². The summed E-state index contributed by atoms with van der Waals surface area (Å²) in [5.74, 6) is -0.314. The Balaban J connectivity index is 1.59. The number of carbonyl (C=O) groups is 2. The van der Waals surface area contributed by atoms with Gasteiger partial charge in [-0.2, -0.15) is 0 Å². The fourth-order valence-corrected chi connectivity index (χ4v) is 3.30. The van der Waals surface area contributed by atoms with Crippen molar-refractivity contribution in [2.24, 2.45) is 0 Å². The Morgan fingerprint density at radius 2 is 1.67 bits per heavy atom. The summed E-state index contributed by atoms with van der Waals surface area (Å²) in [5, 5.41) is 5.73. The molecule has 3 rings (SSSR count). The van der Waals surface area contributed by atoms with Gasteiger partial charge in [-0.3, -0.25) is 10.1 Å². The number of nitrogens with zero attached hydrogens (tertiary/aromatic N) is 2. The molecule has 0 unspecified atom stereocenters. The zero-order valence-corrected chi connectivity index (χ0v) is 16.2. The lowest BCUT2D eigenvalue weighted by Crippen LogP contribution is -2.35. The van der Waals surface area contributed by atoms with Gasteiger partial charge in [0.05, 0.1) is 22.5 Å². The van der Waals surface area contributed by atoms with Crippen LogP contribution in [0, 0.1) is 20.8 Å². The van der Waals surface area contributed by atoms with Crippen molar-refractivity contribution in [1.82, 2.24) is 15.3 Å². The van der Waals surface area contributed by atoms with Gasteiger partial charge in [0.2, 0.25) is 5.91 Å². The predicted octanol–water partition coefficient (Wildman–Crippen LogP) is 4.00. The fourth-order valence-electron chi connectivity index (χ4n) is 2.55. The highest BCUT2D eigenvalue weighted by molar-refractivity contribution is 7.99. The number of fused-ring (bicyclic) bond motifs is 1. The van der Waals surface area contributed by atoms with Gasteiger partial charge in [0.1, 0.15) is 5.03 Å². The van der Waals surface area contributed by atoms with Crippen molar-refractivity contribution < 1.29 is 9.59 Å². The van der Waals surface area contributed by atoms with E-state index in [0.717, 1.165) is 27.9 Å². The van der Waals surface area contributed by atoms with Gasteiger partial charge in [0, 0.05) is 5.69 Å². The SMILES string of the molecule is Cc1cccc(NC(=O)NC(=O)CSc2nc3ccccc3nc2C)c1C. The molecule has 0 atom stereocenters. The Morgan fingerprint density at radius 3 is 2.41 bits per heavy atom. The second kappa shape index (κ2) is 8.18. The molecule has 0 aliphatic carbocycles. The summed E-state index contributed by atoms with van der Waals surface area (Å²) in [6.07, 6.45) is 0. The summed E-state index contributed by atoms with van der Waals surface area (Å²) >= 11 is 1.26. The molecule has 0 saturated carbocycles. The summed E-state index contributed by atoms with van der Waals surface area (Å²) in [7, 11) is 0. The van der Waals surface area contributed by atoms with E-state index in [1.54, 1.807) is 6.07 Å². The second-order valence-corrected chi connectivity index (χ2v) is 7.11. The Labute approximate surface area is 161 Å². The number of carbonyl (C=O) groups excluding carboxylic acids is 2. The van der Waals surface area contributed by atoms with Crippen molar-refractivity contribution in [3.63, 3.8) is 0 Å². The molecule has 1 aromatic heterocycles. The zero-order valence-electron chi connectivity index (χ0n) is 15.4. The Morgan fingerprint density at radius 1 is 0.963 bits per heavy atom. The van der Waals surface area contributed by atoms with Crippen LogP contribution in [0.15, 0.2) is 47.5 Å². The predicted molar refractivity (Wildman–Crippen MR) is 108 cm³/mol. The first-order chi connectivity index (χ1) is 12.9. The maximum atomic E-state index is 12.1. The molecule has 7 heteroatoms. The monoisotopic (exact) mass is 380 g/mol. The summed E-state index contributed by atoms with van der Waals surface area (Å²) < 4.78 is 0. The molecule has 6 nitrogen and oxygen atoms in total. The minimum Gasteiger partial charge on any atom is -0.307 e. The van der Waals surface area contributed by atoms with E-state index >= 15 is 0 Å². The number of anilines is 1. The second-order valence-electron chi connectivity index (χ2n) is 6.14. The molecule has 0 fully saturated rings. The Bertz CT molecular complexity index is 1020. The number of rotatable bonds is 4. The normalized spacial score (nSPS) is 10.6. The highest BCUT2D eigenvalue weighted by Crippen LogP contribution is 2.22. The van der Waals surface area contributed by atoms with E-state index in [1.807, 2.05) is 57.2 Å². The van der Waals surface area contributed by atoms with Gasteiger partial charge in [-0.25, -0.2) is 14.8 Å². The van der Waals surface area contributed by atoms with Crippen LogP contribution in [0.3, 0.4) is 0 Å². The number of hydrogen-bond donors (Lipinski definition) is 2. The maximum absolute atomic E-state index is 12.1. The van der Waals surface area contributed by atoms with Crippen molar-refractivity contribution >= 4 is 40.4 Å². The first kappa shape index (κ1) is 18.8. The topological polar surface area (TPSA) is 84.0 Å². The van der Waals surface area contributed by atoms with Gasteiger partial charge < -0.3 is 5.32 Å². The first-order valence-electron chi connectivity index (χ1n) is 8.47. The van der Waals surface area contributed by atoms with Crippen molar-refractivity contribution in [3.05, 3.63) is 59.3 Å². The Kier molecular flexibility index (Phi) is 5.71. The van der Waals surface area contributed by atoms with Gasteiger partial charge in [0.25, 0.3) is 0 Å². The zero-order chi connectivity index (χ0) is 19.4. The third kappa shape index (κ3) is 4.62. The summed E-state index contributed by atoms with van der Waals surface area (Å²) in [6.45, 7) is 5.74. The van der Waals surface area contributed by atoms with E-state index in [9.17, 15) is 9.59 Å². The van der Waals surface area contributed by atoms with Crippen molar-refractivity contribution in [2.45, 2.75) is 25.8 Å². The van der Waals surface area contributed by atoms with Crippen molar-refractivity contribution in [2.75, 3.05) is 11.1 Å². The molecule has 3 aromatic rings. The molecule has 2 aromatic carbocycles. The highest BCUT2D eigenvalue weighted by Gasteiger charge is 2.12. The van der Waals surface area contributed by atoms with Gasteiger partial charge in [-0.15, -0.1) is 0 Å². The lowest BCUT2D eigenvalue weighted by molar-refractivity contribution is -0.117. The molecule has 1 heterocycles. The van der Waals surface area contributed by atoms with Gasteiger partial charge >= 0.3 is 6.03 Å². The number of nitrogens with one attached hydrogen (secondary N) is 2. The fraction of sp³-hybridized carbons (Fsp3) is 0.200. The van der Waals surface area contributed by atoms with E-state index < -0.39 is 11.9 Å². The van der Waals surface area contributed by atoms with E-state index in [1.165, 1.54) is 11.8 Å². The van der Waals surface area contributed by atoms with Crippen LogP contribution in [0.1, 0.15) is 16.8 Å². The number of aryl methyl sites for hydroxylation is 2. The molecular weight excluding hydrogens is 360 g/mol. The van der Waals surface area contributed by atoms with Crippen LogP contribution in [-0.4, -0.2) is 27.7 Å². The lowest BCUT2D eigenvalue weighted by Gasteiger charge is -2.11. The number of aromatic nitrogens is 2. The Hall–Kier alpha value is -2.93. The minimum atomic E-state index is -0.546. The number of urea groups is 1. The number of imide groups is 1. The van der Waals surface area contributed by atoms with Crippen LogP contribution >= 0.6 is 11.8 Å². The average molecular weight is 380 g/mol. The molecule has 0 radical (unpaired) electrons. The number of amides is 3. The van der Waals surface area contributed by atoms with Crippen LogP contribution < -0.4 is 10.6 Å². The van der Waals surface area contributed by atoms with Crippen LogP contribution in [0.5, 0.6) is 0 Å². The number of para-hydroxylation sites is 2. The van der Waals surface area contributed by atoms with E-state index in [-0.39, 0.29) is 5.75 Å². The van der Waals surface area contributed by atoms with E-state index in [2.05, 4.69) is 20.6 Å². The molecule has 138 valence electrons. The molecule has 3 amide bonds. The molecule has 0 bridgehead atoms. The standard InChI is InChI=1S/C20H20N4O2S/c1-12-7-6-10-15(13(12)2)23-20(26)24-18(25)11-27-19-14(3)21-16-8-4-5-9-17(16)22-19/h4-10H,11H2,1-3H3,(H2,23,24,25,26). The van der Waals surface area contributed by atoms with Crippen LogP contribution in [0.2, 0.25) is 0 Å². The van der Waals surface area contributed by atoms with Crippen LogP contribution in [0.25, 0.3) is 11.0 Å². The smallest absolute Gasteiger partial charge is 0.307 e. The minimum absolute atomic E-state index is 0.0775. The number of benzene rings is 2. The quantitative estimate of drug-likeness (QED) is 0.669. The average Bonchev–Trinajstić information content (AvgIpc) is 2.63. The summed E-state index contributed by atoms with van der Waals surface area (Å²) in [6, 6.07) is 12.7. The number of thioether (sulfide) groups is 1. The van der Waals surface area contributed by atoms with Crippen molar-refractivity contribution in [1.29, 1.82) is 0 Å². The molecular formula is C20H20N4O2S. The molecule has 0 saturated heterocycles. The molecule has 0 spiro atoms. The van der Waals surface area contributed by atoms with E-state index in [4.69, 9.17) is 0 Å². The third-order valence-corrected chi connectivity index (χ3v) is 5.21. The molecule has 0 aliphatic heterocycles. The third-order valence-electron chi connectivity index (χ3n) is 4.15. The van der Waals surface area contributed by atoms with Crippen LogP contribution in [-0.2, 0) is 4.79 Å². The summed E-state index contributed by atoms with van der Waals surface area (Å²) in [5.41, 5.74) is 5.07. The lowest BCUT2D eigenvalue weighted by atomic mass is 10.1. The van der Waals surface area contributed by atoms with Crippen LogP contribution in [0.4, 0.5) is 10.5 Å². The van der Waals surface area contributed by atoms with Gasteiger partial charge in [-0.1, -0.05) is 36.0 Å². The maximum Gasteiger partial charge on any atom is 0.325 e. The molecule has 0 aliphatic rings. The largest absolute Gasteiger partial charge is 0.325 e. The first-order valence-corrected chi connectivity index (χ1v) is 9.46.